The molecular formula is C12H11ClFN3OS. The topological polar surface area (TPSA) is 41.0 Å². The minimum Gasteiger partial charge on any atom is -0.344 e. The first-order valence-electron chi connectivity index (χ1n) is 5.83. The molecule has 1 fully saturated rings. The van der Waals surface area contributed by atoms with Gasteiger partial charge in [-0.3, -0.25) is 4.79 Å². The summed E-state index contributed by atoms with van der Waals surface area (Å²) in [5.74, 6) is -0.525. The van der Waals surface area contributed by atoms with Gasteiger partial charge < -0.3 is 14.5 Å². The number of aromatic nitrogens is 2. The lowest BCUT2D eigenvalue weighted by Gasteiger charge is -2.12. The Morgan fingerprint density at radius 3 is 2.89 bits per heavy atom. The van der Waals surface area contributed by atoms with Crippen LogP contribution in [0, 0.1) is 10.6 Å². The standard InChI is InChI=1S/C12H11ClFN3OS/c1-16-3-2-9(11(16)18)17-10-5-7(14)6(13)4-8(10)15-12(17)19/h4-5,9H,2-3H2,1H3,(H,15,19). The molecule has 1 aromatic carbocycles. The van der Waals surface area contributed by atoms with Crippen LogP contribution in [0.2, 0.25) is 5.02 Å². The van der Waals surface area contributed by atoms with Crippen LogP contribution in [0.15, 0.2) is 12.1 Å². The molecule has 0 bridgehead atoms. The van der Waals surface area contributed by atoms with Crippen LogP contribution in [0.1, 0.15) is 12.5 Å². The molecule has 19 heavy (non-hydrogen) atoms. The molecule has 4 nitrogen and oxygen atoms in total. The molecule has 1 aromatic heterocycles. The number of imidazole rings is 1. The van der Waals surface area contributed by atoms with Crippen molar-refractivity contribution in [2.75, 3.05) is 13.6 Å². The summed E-state index contributed by atoms with van der Waals surface area (Å²) in [6, 6.07) is 2.43. The summed E-state index contributed by atoms with van der Waals surface area (Å²) in [5.41, 5.74) is 1.21. The lowest BCUT2D eigenvalue weighted by atomic mass is 10.2. The predicted molar refractivity (Wildman–Crippen MR) is 73.4 cm³/mol. The van der Waals surface area contributed by atoms with Gasteiger partial charge in [0.15, 0.2) is 4.77 Å². The minimum absolute atomic E-state index is 0.00708. The lowest BCUT2D eigenvalue weighted by molar-refractivity contribution is -0.129. The van der Waals surface area contributed by atoms with Gasteiger partial charge in [0.1, 0.15) is 11.9 Å². The van der Waals surface area contributed by atoms with Crippen molar-refractivity contribution < 1.29 is 9.18 Å². The summed E-state index contributed by atoms with van der Waals surface area (Å²) in [4.78, 5) is 16.7. The Morgan fingerprint density at radius 1 is 1.53 bits per heavy atom. The van der Waals surface area contributed by atoms with E-state index >= 15 is 0 Å². The molecule has 1 aliphatic heterocycles. The smallest absolute Gasteiger partial charge is 0.245 e. The third kappa shape index (κ3) is 1.86. The number of amides is 1. The molecule has 2 aromatic rings. The molecule has 1 N–H and O–H groups in total. The highest BCUT2D eigenvalue weighted by Crippen LogP contribution is 2.29. The van der Waals surface area contributed by atoms with Gasteiger partial charge in [-0.15, -0.1) is 0 Å². The molecule has 0 spiro atoms. The van der Waals surface area contributed by atoms with Gasteiger partial charge in [0.05, 0.1) is 16.1 Å². The van der Waals surface area contributed by atoms with E-state index in [4.69, 9.17) is 23.8 Å². The second kappa shape index (κ2) is 4.31. The van der Waals surface area contributed by atoms with Crippen molar-refractivity contribution >= 4 is 40.8 Å². The summed E-state index contributed by atoms with van der Waals surface area (Å²) in [6.45, 7) is 0.675. The Kier molecular flexibility index (Phi) is 2.87. The van der Waals surface area contributed by atoms with Gasteiger partial charge in [0, 0.05) is 19.7 Å². The summed E-state index contributed by atoms with van der Waals surface area (Å²) < 4.78 is 15.7. The first-order valence-corrected chi connectivity index (χ1v) is 6.62. The maximum atomic E-state index is 13.6. The number of halogens is 2. The molecule has 1 saturated heterocycles. The molecule has 1 atom stereocenters. The second-order valence-corrected chi connectivity index (χ2v) is 5.44. The average molecular weight is 300 g/mol. The van der Waals surface area contributed by atoms with Gasteiger partial charge in [-0.1, -0.05) is 11.6 Å². The first kappa shape index (κ1) is 12.6. The third-order valence-corrected chi connectivity index (χ3v) is 4.06. The number of likely N-dealkylation sites (tertiary alicyclic amines) is 1. The SMILES string of the molecule is CN1CCC(n2c(=S)[nH]c3cc(Cl)c(F)cc32)C1=O. The van der Waals surface area contributed by atoms with Crippen LogP contribution in [-0.4, -0.2) is 34.0 Å². The highest BCUT2D eigenvalue weighted by molar-refractivity contribution is 7.71. The Hall–Kier alpha value is -1.40. The van der Waals surface area contributed by atoms with E-state index in [0.29, 0.717) is 28.8 Å². The number of nitrogens with zero attached hydrogens (tertiary/aromatic N) is 2. The van der Waals surface area contributed by atoms with Gasteiger partial charge in [-0.2, -0.15) is 0 Å². The molecule has 3 rings (SSSR count). The van der Waals surface area contributed by atoms with Gasteiger partial charge in [0.25, 0.3) is 0 Å². The number of fused-ring (bicyclic) bond motifs is 1. The molecule has 7 heteroatoms. The van der Waals surface area contributed by atoms with Crippen molar-refractivity contribution in [2.24, 2.45) is 0 Å². The van der Waals surface area contributed by atoms with Crippen LogP contribution in [0.4, 0.5) is 4.39 Å². The maximum absolute atomic E-state index is 13.6. The summed E-state index contributed by atoms with van der Waals surface area (Å²) in [5, 5.41) is 0.0331. The highest BCUT2D eigenvalue weighted by Gasteiger charge is 2.32. The van der Waals surface area contributed by atoms with Crippen LogP contribution >= 0.6 is 23.8 Å². The van der Waals surface area contributed by atoms with E-state index in [1.165, 1.54) is 12.1 Å². The number of nitrogens with one attached hydrogen (secondary N) is 1. The monoisotopic (exact) mass is 299 g/mol. The molecule has 1 unspecified atom stereocenters. The van der Waals surface area contributed by atoms with E-state index in [1.54, 1.807) is 16.5 Å². The van der Waals surface area contributed by atoms with Gasteiger partial charge >= 0.3 is 0 Å². The number of rotatable bonds is 1. The summed E-state index contributed by atoms with van der Waals surface area (Å²) in [7, 11) is 1.75. The number of aromatic amines is 1. The fourth-order valence-electron chi connectivity index (χ4n) is 2.47. The predicted octanol–water partition coefficient (Wildman–Crippen LogP) is 2.89. The molecule has 0 saturated carbocycles. The molecule has 1 amide bonds. The normalized spacial score (nSPS) is 19.6. The van der Waals surface area contributed by atoms with Crippen LogP contribution in [0.25, 0.3) is 11.0 Å². The van der Waals surface area contributed by atoms with E-state index in [0.717, 1.165) is 0 Å². The fourth-order valence-corrected chi connectivity index (χ4v) is 2.97. The van der Waals surface area contributed by atoms with Crippen molar-refractivity contribution in [1.82, 2.24) is 14.5 Å². The molecule has 0 aliphatic carbocycles. The highest BCUT2D eigenvalue weighted by atomic mass is 35.5. The molecule has 1 aliphatic rings. The number of benzene rings is 1. The fraction of sp³-hybridized carbons (Fsp3) is 0.333. The molecular weight excluding hydrogens is 289 g/mol. The quantitative estimate of drug-likeness (QED) is 0.823. The number of H-pyrrole nitrogens is 1. The van der Waals surface area contributed by atoms with Gasteiger partial charge in [0.2, 0.25) is 5.91 Å². The molecule has 100 valence electrons. The van der Waals surface area contributed by atoms with Crippen LogP contribution in [0.3, 0.4) is 0 Å². The largest absolute Gasteiger partial charge is 0.344 e. The maximum Gasteiger partial charge on any atom is 0.245 e. The van der Waals surface area contributed by atoms with Crippen molar-refractivity contribution in [2.45, 2.75) is 12.5 Å². The van der Waals surface area contributed by atoms with Crippen LogP contribution in [-0.2, 0) is 4.79 Å². The third-order valence-electron chi connectivity index (χ3n) is 3.47. The van der Waals surface area contributed by atoms with Crippen molar-refractivity contribution in [3.63, 3.8) is 0 Å². The number of hydrogen-bond donors (Lipinski definition) is 1. The average Bonchev–Trinajstić information content (AvgIpc) is 2.82. The summed E-state index contributed by atoms with van der Waals surface area (Å²) in [6.07, 6.45) is 0.667. The Morgan fingerprint density at radius 2 is 2.26 bits per heavy atom. The zero-order chi connectivity index (χ0) is 13.7. The Bertz CT molecular complexity index is 738. The van der Waals surface area contributed by atoms with Gasteiger partial charge in [-0.25, -0.2) is 4.39 Å². The van der Waals surface area contributed by atoms with Crippen molar-refractivity contribution in [3.05, 3.63) is 27.7 Å². The van der Waals surface area contributed by atoms with Crippen LogP contribution in [0.5, 0.6) is 0 Å². The zero-order valence-electron chi connectivity index (χ0n) is 10.1. The Labute approximate surface area is 118 Å². The number of hydrogen-bond acceptors (Lipinski definition) is 2. The van der Waals surface area contributed by atoms with Crippen molar-refractivity contribution in [1.29, 1.82) is 0 Å². The van der Waals surface area contributed by atoms with E-state index in [-0.39, 0.29) is 17.0 Å². The minimum atomic E-state index is -0.518. The second-order valence-electron chi connectivity index (χ2n) is 4.65. The number of likely N-dealkylation sites (N-methyl/N-ethyl adjacent to an activating group) is 1. The number of carbonyl (C=O) groups excluding carboxylic acids is 1. The lowest BCUT2D eigenvalue weighted by Crippen LogP contribution is -2.24. The van der Waals surface area contributed by atoms with E-state index in [9.17, 15) is 9.18 Å². The first-order chi connectivity index (χ1) is 8.99. The zero-order valence-corrected chi connectivity index (χ0v) is 11.7. The van der Waals surface area contributed by atoms with E-state index < -0.39 is 5.82 Å². The summed E-state index contributed by atoms with van der Waals surface area (Å²) >= 11 is 11.0. The number of carbonyl (C=O) groups is 1. The van der Waals surface area contributed by atoms with E-state index in [2.05, 4.69) is 4.98 Å². The Balaban J connectivity index is 2.24. The molecule has 2 heterocycles. The van der Waals surface area contributed by atoms with E-state index in [1.807, 2.05) is 0 Å². The molecule has 0 radical (unpaired) electrons. The van der Waals surface area contributed by atoms with Crippen LogP contribution < -0.4 is 0 Å². The van der Waals surface area contributed by atoms with Gasteiger partial charge in [-0.05, 0) is 24.7 Å². The van der Waals surface area contributed by atoms with Crippen molar-refractivity contribution in [3.8, 4) is 0 Å².